The highest BCUT2D eigenvalue weighted by Crippen LogP contribution is 2.21. The van der Waals surface area contributed by atoms with E-state index in [1.54, 1.807) is 0 Å². The zero-order chi connectivity index (χ0) is 18.8. The lowest BCUT2D eigenvalue weighted by Crippen LogP contribution is -2.22. The molecule has 5 nitrogen and oxygen atoms in total. The molecule has 0 radical (unpaired) electrons. The zero-order valence-electron chi connectivity index (χ0n) is 13.3. The molecule has 0 saturated carbocycles. The second-order valence-electron chi connectivity index (χ2n) is 5.45. The Morgan fingerprint density at radius 1 is 0.960 bits per heavy atom. The van der Waals surface area contributed by atoms with Gasteiger partial charge in [0, 0.05) is 11.3 Å². The Bertz CT molecular complexity index is 898. The van der Waals surface area contributed by atoms with Gasteiger partial charge in [-0.15, -0.1) is 0 Å². The van der Waals surface area contributed by atoms with Crippen LogP contribution in [0.4, 0.5) is 24.5 Å². The summed E-state index contributed by atoms with van der Waals surface area (Å²) in [5, 5.41) is 1.49. The van der Waals surface area contributed by atoms with Crippen LogP contribution in [-0.2, 0) is 10.0 Å². The number of amides is 1. The van der Waals surface area contributed by atoms with Crippen LogP contribution in [0.25, 0.3) is 0 Å². The molecule has 25 heavy (non-hydrogen) atoms. The quantitative estimate of drug-likeness (QED) is 0.789. The maximum atomic E-state index is 13.6. The largest absolute Gasteiger partial charge is 0.319 e. The van der Waals surface area contributed by atoms with Gasteiger partial charge in [0.2, 0.25) is 10.0 Å². The fourth-order valence-corrected chi connectivity index (χ4v) is 2.49. The Labute approximate surface area is 142 Å². The Morgan fingerprint density at radius 2 is 1.56 bits per heavy atom. The SMILES string of the molecule is CC(C)S(=O)(=O)Nc1ccc(C(=O)Nc2ccc(F)c(F)c2F)cc1. The first-order valence-corrected chi connectivity index (χ1v) is 8.73. The molecule has 0 aliphatic heterocycles. The summed E-state index contributed by atoms with van der Waals surface area (Å²) in [7, 11) is -3.52. The molecule has 0 heterocycles. The molecule has 2 rings (SSSR count). The van der Waals surface area contributed by atoms with Gasteiger partial charge in [-0.25, -0.2) is 21.6 Å². The number of carbonyl (C=O) groups is 1. The minimum atomic E-state index is -3.52. The molecule has 134 valence electrons. The number of carbonyl (C=O) groups excluding carboxylic acids is 1. The van der Waals surface area contributed by atoms with E-state index in [-0.39, 0.29) is 11.3 Å². The molecule has 9 heteroatoms. The summed E-state index contributed by atoms with van der Waals surface area (Å²) in [5.74, 6) is -5.31. The summed E-state index contributed by atoms with van der Waals surface area (Å²) in [5.41, 5.74) is -0.172. The van der Waals surface area contributed by atoms with E-state index in [1.165, 1.54) is 38.1 Å². The van der Waals surface area contributed by atoms with E-state index in [4.69, 9.17) is 0 Å². The van der Waals surface area contributed by atoms with Gasteiger partial charge in [-0.3, -0.25) is 9.52 Å². The third-order valence-corrected chi connectivity index (χ3v) is 5.07. The van der Waals surface area contributed by atoms with Crippen LogP contribution in [0.15, 0.2) is 36.4 Å². The van der Waals surface area contributed by atoms with Gasteiger partial charge >= 0.3 is 0 Å². The lowest BCUT2D eigenvalue weighted by molar-refractivity contribution is 0.102. The zero-order valence-corrected chi connectivity index (χ0v) is 14.1. The molecule has 0 aromatic heterocycles. The lowest BCUT2D eigenvalue weighted by atomic mass is 10.2. The van der Waals surface area contributed by atoms with Crippen LogP contribution in [0.3, 0.4) is 0 Å². The van der Waals surface area contributed by atoms with Crippen LogP contribution >= 0.6 is 0 Å². The third-order valence-electron chi connectivity index (χ3n) is 3.31. The first-order chi connectivity index (χ1) is 11.6. The van der Waals surface area contributed by atoms with Gasteiger partial charge in [-0.05, 0) is 50.2 Å². The standard InChI is InChI=1S/C16H15F3N2O3S/c1-9(2)25(23,24)21-11-5-3-10(4-6-11)16(22)20-13-8-7-12(17)14(18)15(13)19/h3-9,21H,1-2H3,(H,20,22). The summed E-state index contributed by atoms with van der Waals surface area (Å²) in [6, 6.07) is 6.93. The van der Waals surface area contributed by atoms with Crippen molar-refractivity contribution < 1.29 is 26.4 Å². The molecule has 0 aliphatic rings. The number of halogens is 3. The Balaban J connectivity index is 2.15. The first kappa shape index (κ1) is 18.8. The monoisotopic (exact) mass is 372 g/mol. The van der Waals surface area contributed by atoms with Crippen molar-refractivity contribution in [3.8, 4) is 0 Å². The topological polar surface area (TPSA) is 75.3 Å². The molecule has 0 aliphatic carbocycles. The minimum Gasteiger partial charge on any atom is -0.319 e. The van der Waals surface area contributed by atoms with Gasteiger partial charge in [0.1, 0.15) is 0 Å². The van der Waals surface area contributed by atoms with Crippen LogP contribution in [0.5, 0.6) is 0 Å². The van der Waals surface area contributed by atoms with Crippen molar-refractivity contribution in [3.63, 3.8) is 0 Å². The molecule has 0 fully saturated rings. The smallest absolute Gasteiger partial charge is 0.255 e. The number of anilines is 2. The summed E-state index contributed by atoms with van der Waals surface area (Å²) in [6.07, 6.45) is 0. The minimum absolute atomic E-state index is 0.0802. The van der Waals surface area contributed by atoms with Crippen molar-refractivity contribution in [2.24, 2.45) is 0 Å². The maximum Gasteiger partial charge on any atom is 0.255 e. The van der Waals surface area contributed by atoms with E-state index in [2.05, 4.69) is 10.0 Å². The van der Waals surface area contributed by atoms with E-state index >= 15 is 0 Å². The predicted molar refractivity (Wildman–Crippen MR) is 88.4 cm³/mol. The molecule has 2 aromatic carbocycles. The molecule has 2 aromatic rings. The second kappa shape index (κ2) is 7.14. The van der Waals surface area contributed by atoms with Crippen molar-refractivity contribution in [2.75, 3.05) is 10.0 Å². The van der Waals surface area contributed by atoms with Gasteiger partial charge in [-0.1, -0.05) is 0 Å². The van der Waals surface area contributed by atoms with E-state index in [0.717, 1.165) is 6.07 Å². The number of rotatable bonds is 5. The Hall–Kier alpha value is -2.55. The molecule has 1 amide bonds. The molecule has 0 spiro atoms. The number of benzene rings is 2. The van der Waals surface area contributed by atoms with Gasteiger partial charge < -0.3 is 5.32 Å². The average Bonchev–Trinajstić information content (AvgIpc) is 2.55. The van der Waals surface area contributed by atoms with Crippen molar-refractivity contribution >= 4 is 27.3 Å². The summed E-state index contributed by atoms with van der Waals surface area (Å²) >= 11 is 0. The molecule has 0 bridgehead atoms. The molecule has 0 atom stereocenters. The Morgan fingerprint density at radius 3 is 2.12 bits per heavy atom. The maximum absolute atomic E-state index is 13.6. The number of hydrogen-bond acceptors (Lipinski definition) is 3. The number of hydrogen-bond donors (Lipinski definition) is 2. The summed E-state index contributed by atoms with van der Waals surface area (Å²) in [6.45, 7) is 3.03. The van der Waals surface area contributed by atoms with Gasteiger partial charge in [0.25, 0.3) is 5.91 Å². The van der Waals surface area contributed by atoms with Crippen LogP contribution in [0, 0.1) is 17.5 Å². The summed E-state index contributed by atoms with van der Waals surface area (Å²) in [4.78, 5) is 12.0. The van der Waals surface area contributed by atoms with E-state index in [9.17, 15) is 26.4 Å². The molecule has 0 saturated heterocycles. The molecular formula is C16H15F3N2O3S. The van der Waals surface area contributed by atoms with Gasteiger partial charge in [0.05, 0.1) is 10.9 Å². The second-order valence-corrected chi connectivity index (χ2v) is 7.69. The van der Waals surface area contributed by atoms with Crippen molar-refractivity contribution in [2.45, 2.75) is 19.1 Å². The molecular weight excluding hydrogens is 357 g/mol. The van der Waals surface area contributed by atoms with Crippen molar-refractivity contribution in [1.29, 1.82) is 0 Å². The highest BCUT2D eigenvalue weighted by molar-refractivity contribution is 7.93. The lowest BCUT2D eigenvalue weighted by Gasteiger charge is -2.11. The first-order valence-electron chi connectivity index (χ1n) is 7.18. The number of nitrogens with one attached hydrogen (secondary N) is 2. The van der Waals surface area contributed by atoms with Crippen LogP contribution in [0.1, 0.15) is 24.2 Å². The van der Waals surface area contributed by atoms with E-state index in [1.807, 2.05) is 0 Å². The molecule has 0 unspecified atom stereocenters. The van der Waals surface area contributed by atoms with Gasteiger partial charge in [-0.2, -0.15) is 0 Å². The fraction of sp³-hybridized carbons (Fsp3) is 0.188. The average molecular weight is 372 g/mol. The highest BCUT2D eigenvalue weighted by Gasteiger charge is 2.17. The van der Waals surface area contributed by atoms with E-state index < -0.39 is 44.3 Å². The van der Waals surface area contributed by atoms with Crippen LogP contribution < -0.4 is 10.0 Å². The summed E-state index contributed by atoms with van der Waals surface area (Å²) < 4.78 is 65.4. The van der Waals surface area contributed by atoms with Crippen LogP contribution in [-0.4, -0.2) is 19.6 Å². The van der Waals surface area contributed by atoms with Crippen molar-refractivity contribution in [3.05, 3.63) is 59.4 Å². The normalized spacial score (nSPS) is 11.4. The Kier molecular flexibility index (Phi) is 5.36. The highest BCUT2D eigenvalue weighted by atomic mass is 32.2. The third kappa shape index (κ3) is 4.30. The molecule has 2 N–H and O–H groups in total. The van der Waals surface area contributed by atoms with Gasteiger partial charge in [0.15, 0.2) is 17.5 Å². The van der Waals surface area contributed by atoms with Crippen LogP contribution in [0.2, 0.25) is 0 Å². The fourth-order valence-electron chi connectivity index (χ4n) is 1.79. The number of sulfonamides is 1. The van der Waals surface area contributed by atoms with E-state index in [0.29, 0.717) is 6.07 Å². The predicted octanol–water partition coefficient (Wildman–Crippen LogP) is 3.51. The van der Waals surface area contributed by atoms with Crippen molar-refractivity contribution in [1.82, 2.24) is 0 Å².